The van der Waals surface area contributed by atoms with E-state index in [0.29, 0.717) is 30.0 Å². The summed E-state index contributed by atoms with van der Waals surface area (Å²) in [6.45, 7) is 3.53. The van der Waals surface area contributed by atoms with Crippen LogP contribution in [0.5, 0.6) is 0 Å². The number of carbonyl (C=O) groups is 1. The Hall–Kier alpha value is -3.85. The van der Waals surface area contributed by atoms with Gasteiger partial charge in [-0.2, -0.15) is 0 Å². The molecule has 1 saturated heterocycles. The highest BCUT2D eigenvalue weighted by Gasteiger charge is 2.30. The minimum atomic E-state index is -0.281. The van der Waals surface area contributed by atoms with Crippen molar-refractivity contribution in [1.82, 2.24) is 25.1 Å². The van der Waals surface area contributed by atoms with Crippen molar-refractivity contribution in [2.45, 2.75) is 19.9 Å². The summed E-state index contributed by atoms with van der Waals surface area (Å²) in [4.78, 5) is 23.8. The van der Waals surface area contributed by atoms with Crippen molar-refractivity contribution in [1.29, 1.82) is 0 Å². The van der Waals surface area contributed by atoms with Gasteiger partial charge in [-0.05, 0) is 65.6 Å². The third-order valence-corrected chi connectivity index (χ3v) is 7.46. The van der Waals surface area contributed by atoms with Crippen LogP contribution in [0.3, 0.4) is 0 Å². The van der Waals surface area contributed by atoms with Crippen LogP contribution in [-0.2, 0) is 11.3 Å². The Kier molecular flexibility index (Phi) is 5.41. The van der Waals surface area contributed by atoms with E-state index < -0.39 is 0 Å². The van der Waals surface area contributed by atoms with Gasteiger partial charge in [0, 0.05) is 30.5 Å². The fraction of sp³-hybridized carbons (Fsp3) is 0.231. The van der Waals surface area contributed by atoms with Crippen LogP contribution in [-0.4, -0.2) is 38.7 Å². The Balaban J connectivity index is 1.17. The van der Waals surface area contributed by atoms with Crippen LogP contribution < -0.4 is 10.2 Å². The topological polar surface area (TPSA) is 75.9 Å². The van der Waals surface area contributed by atoms with E-state index in [2.05, 4.69) is 54.9 Å². The Labute approximate surface area is 205 Å². The molecule has 0 spiro atoms. The molecule has 1 aliphatic rings. The minimum Gasteiger partial charge on any atom is -0.355 e. The summed E-state index contributed by atoms with van der Waals surface area (Å²) >= 11 is 1.72. The van der Waals surface area contributed by atoms with Gasteiger partial charge < -0.3 is 10.2 Å². The van der Waals surface area contributed by atoms with Gasteiger partial charge in [0.05, 0.1) is 17.0 Å². The van der Waals surface area contributed by atoms with E-state index in [0.717, 1.165) is 29.7 Å². The number of hydrogen-bond acceptors (Lipinski definition) is 6. The van der Waals surface area contributed by atoms with Gasteiger partial charge in [0.25, 0.3) is 0 Å². The van der Waals surface area contributed by atoms with Gasteiger partial charge in [-0.25, -0.2) is 19.0 Å². The normalized spacial score (nSPS) is 15.8. The molecular weight excluding hydrogens is 463 g/mol. The molecule has 5 aromatic rings. The fourth-order valence-electron chi connectivity index (χ4n) is 4.56. The molecule has 35 heavy (non-hydrogen) atoms. The molecule has 0 unspecified atom stereocenters. The first-order chi connectivity index (χ1) is 17.0. The van der Waals surface area contributed by atoms with Crippen LogP contribution >= 0.6 is 11.3 Å². The lowest BCUT2D eigenvalue weighted by Gasteiger charge is -2.17. The number of fused-ring (bicyclic) bond motifs is 2. The summed E-state index contributed by atoms with van der Waals surface area (Å²) in [5, 5.41) is 11.7. The van der Waals surface area contributed by atoms with Gasteiger partial charge in [-0.1, -0.05) is 12.1 Å². The van der Waals surface area contributed by atoms with Crippen LogP contribution in [0.1, 0.15) is 17.5 Å². The predicted molar refractivity (Wildman–Crippen MR) is 135 cm³/mol. The molecule has 6 rings (SSSR count). The van der Waals surface area contributed by atoms with E-state index in [1.807, 2.05) is 12.3 Å². The summed E-state index contributed by atoms with van der Waals surface area (Å²) in [5.74, 6) is 0.393. The lowest BCUT2D eigenvalue weighted by atomic mass is 10.1. The van der Waals surface area contributed by atoms with Crippen molar-refractivity contribution in [3.63, 3.8) is 0 Å². The average Bonchev–Trinajstić information content (AvgIpc) is 3.62. The number of anilines is 1. The molecule has 176 valence electrons. The molecule has 1 N–H and O–H groups in total. The second-order valence-electron chi connectivity index (χ2n) is 8.88. The first-order valence-corrected chi connectivity index (χ1v) is 12.4. The smallest absolute Gasteiger partial charge is 0.225 e. The standard InChI is InChI=1S/C26H23FN6OS/c1-16-2-4-20(11-22(16)27)33-14-21-24(31-33)29-15-30-25(21)32-8-6-19(13-32)26(34)28-12-17-3-5-23-18(10-17)7-9-35-23/h2-5,7,9-11,14-15,19H,6,8,12-13H2,1H3,(H,28,34)/t19-/m0/s1. The molecule has 1 aliphatic heterocycles. The molecule has 1 fully saturated rings. The van der Waals surface area contributed by atoms with E-state index in [9.17, 15) is 9.18 Å². The highest BCUT2D eigenvalue weighted by molar-refractivity contribution is 7.17. The van der Waals surface area contributed by atoms with Crippen LogP contribution in [0.15, 0.2) is 60.4 Å². The van der Waals surface area contributed by atoms with Crippen LogP contribution in [0.4, 0.5) is 10.2 Å². The number of hydrogen-bond donors (Lipinski definition) is 1. The molecular formula is C26H23FN6OS. The third-order valence-electron chi connectivity index (χ3n) is 6.56. The van der Waals surface area contributed by atoms with Crippen molar-refractivity contribution in [2.75, 3.05) is 18.0 Å². The number of amides is 1. The minimum absolute atomic E-state index is 0.0500. The SMILES string of the molecule is Cc1ccc(-n2cc3c(N4CC[C@H](C(=O)NCc5ccc6sccc6c5)C4)ncnc3n2)cc1F. The Morgan fingerprint density at radius 2 is 2.11 bits per heavy atom. The lowest BCUT2D eigenvalue weighted by molar-refractivity contribution is -0.124. The van der Waals surface area contributed by atoms with Gasteiger partial charge in [-0.3, -0.25) is 4.79 Å². The number of aryl methyl sites for hydroxylation is 1. The summed E-state index contributed by atoms with van der Waals surface area (Å²) in [6, 6.07) is 13.4. The molecule has 1 atom stereocenters. The quantitative estimate of drug-likeness (QED) is 0.392. The van der Waals surface area contributed by atoms with Crippen LogP contribution in [0, 0.1) is 18.7 Å². The molecule has 0 saturated carbocycles. The number of thiophene rings is 1. The number of halogens is 1. The Bertz CT molecular complexity index is 1560. The van der Waals surface area contributed by atoms with Crippen molar-refractivity contribution >= 4 is 44.2 Å². The molecule has 2 aromatic carbocycles. The maximum absolute atomic E-state index is 14.1. The molecule has 9 heteroatoms. The largest absolute Gasteiger partial charge is 0.355 e. The van der Waals surface area contributed by atoms with Gasteiger partial charge in [0.2, 0.25) is 5.91 Å². The van der Waals surface area contributed by atoms with Crippen LogP contribution in [0.25, 0.3) is 26.8 Å². The Morgan fingerprint density at radius 3 is 3.00 bits per heavy atom. The highest BCUT2D eigenvalue weighted by Crippen LogP contribution is 2.29. The molecule has 4 heterocycles. The zero-order valence-corrected chi connectivity index (χ0v) is 19.9. The van der Waals surface area contributed by atoms with E-state index in [-0.39, 0.29) is 17.6 Å². The van der Waals surface area contributed by atoms with Crippen molar-refractivity contribution in [3.8, 4) is 5.69 Å². The third kappa shape index (κ3) is 4.12. The number of benzene rings is 2. The van der Waals surface area contributed by atoms with Gasteiger partial charge >= 0.3 is 0 Å². The maximum atomic E-state index is 14.1. The number of rotatable bonds is 5. The molecule has 3 aromatic heterocycles. The lowest BCUT2D eigenvalue weighted by Crippen LogP contribution is -2.32. The van der Waals surface area contributed by atoms with Crippen molar-refractivity contribution < 1.29 is 9.18 Å². The van der Waals surface area contributed by atoms with E-state index >= 15 is 0 Å². The van der Waals surface area contributed by atoms with E-state index in [4.69, 9.17) is 0 Å². The second-order valence-corrected chi connectivity index (χ2v) is 9.83. The molecule has 0 aliphatic carbocycles. The second kappa shape index (κ2) is 8.74. The first kappa shape index (κ1) is 21.7. The van der Waals surface area contributed by atoms with Crippen LogP contribution in [0.2, 0.25) is 0 Å². The maximum Gasteiger partial charge on any atom is 0.225 e. The average molecular weight is 487 g/mol. The highest BCUT2D eigenvalue weighted by atomic mass is 32.1. The number of carbonyl (C=O) groups excluding carboxylic acids is 1. The van der Waals surface area contributed by atoms with E-state index in [1.165, 1.54) is 22.5 Å². The zero-order chi connectivity index (χ0) is 23.9. The summed E-state index contributed by atoms with van der Waals surface area (Å²) in [7, 11) is 0. The van der Waals surface area contributed by atoms with Gasteiger partial charge in [0.1, 0.15) is 18.0 Å². The Morgan fingerprint density at radius 1 is 1.20 bits per heavy atom. The summed E-state index contributed by atoms with van der Waals surface area (Å²) < 4.78 is 16.9. The van der Waals surface area contributed by atoms with Crippen molar-refractivity contribution in [2.24, 2.45) is 5.92 Å². The van der Waals surface area contributed by atoms with E-state index in [1.54, 1.807) is 29.0 Å². The molecule has 1 amide bonds. The number of aromatic nitrogens is 4. The fourth-order valence-corrected chi connectivity index (χ4v) is 5.33. The molecule has 7 nitrogen and oxygen atoms in total. The summed E-state index contributed by atoms with van der Waals surface area (Å²) in [6.07, 6.45) is 4.06. The predicted octanol–water partition coefficient (Wildman–Crippen LogP) is 4.62. The summed E-state index contributed by atoms with van der Waals surface area (Å²) in [5.41, 5.74) is 2.83. The first-order valence-electron chi connectivity index (χ1n) is 11.5. The van der Waals surface area contributed by atoms with Crippen molar-refractivity contribution in [3.05, 3.63) is 77.3 Å². The van der Waals surface area contributed by atoms with Gasteiger partial charge in [0.15, 0.2) is 5.65 Å². The molecule has 0 bridgehead atoms. The zero-order valence-electron chi connectivity index (χ0n) is 19.1. The number of nitrogens with one attached hydrogen (secondary N) is 1. The monoisotopic (exact) mass is 486 g/mol. The van der Waals surface area contributed by atoms with Gasteiger partial charge in [-0.15, -0.1) is 16.4 Å². The molecule has 0 radical (unpaired) electrons. The number of nitrogens with zero attached hydrogens (tertiary/aromatic N) is 5.